The molecule has 7 heteroatoms. The largest absolute Gasteiger partial charge is 0.416 e. The zero-order chi connectivity index (χ0) is 25.3. The Balaban J connectivity index is 2.14. The highest BCUT2D eigenvalue weighted by Gasteiger charge is 2.31. The summed E-state index contributed by atoms with van der Waals surface area (Å²) in [5.74, 6) is -0.294. The number of benzene rings is 3. The number of halogens is 6. The Labute approximate surface area is 194 Å². The van der Waals surface area contributed by atoms with Gasteiger partial charge in [-0.2, -0.15) is 26.3 Å². The van der Waals surface area contributed by atoms with Crippen LogP contribution in [0, 0.1) is 5.92 Å². The predicted molar refractivity (Wildman–Crippen MR) is 120 cm³/mol. The van der Waals surface area contributed by atoms with Crippen molar-refractivity contribution < 1.29 is 31.1 Å². The molecule has 3 aromatic rings. The SMILES string of the molecule is CC(=O)[C@H](CC(C)C)c1cc(-c2ccc(C(F)(F)F)cc2)cc(-c2ccc(C(F)(F)F)cc2)c1. The maximum Gasteiger partial charge on any atom is 0.416 e. The minimum atomic E-state index is -4.47. The highest BCUT2D eigenvalue weighted by atomic mass is 19.4. The summed E-state index contributed by atoms with van der Waals surface area (Å²) in [6.45, 7) is 5.44. The number of rotatable bonds is 6. The summed E-state index contributed by atoms with van der Waals surface area (Å²) in [5, 5.41) is 0. The Morgan fingerprint density at radius 1 is 0.676 bits per heavy atom. The van der Waals surface area contributed by atoms with E-state index >= 15 is 0 Å². The maximum absolute atomic E-state index is 13.0. The Bertz CT molecular complexity index is 1060. The van der Waals surface area contributed by atoms with Gasteiger partial charge in [0.25, 0.3) is 0 Å². The second-order valence-corrected chi connectivity index (χ2v) is 8.79. The van der Waals surface area contributed by atoms with Gasteiger partial charge in [-0.25, -0.2) is 0 Å². The monoisotopic (exact) mass is 478 g/mol. The molecule has 3 aromatic carbocycles. The van der Waals surface area contributed by atoms with Crippen molar-refractivity contribution in [1.82, 2.24) is 0 Å². The van der Waals surface area contributed by atoms with E-state index in [-0.39, 0.29) is 11.7 Å². The summed E-state index contributed by atoms with van der Waals surface area (Å²) in [7, 11) is 0. The van der Waals surface area contributed by atoms with E-state index in [0.29, 0.717) is 34.2 Å². The fourth-order valence-electron chi connectivity index (χ4n) is 3.90. The molecule has 34 heavy (non-hydrogen) atoms. The average molecular weight is 478 g/mol. The molecule has 1 atom stereocenters. The van der Waals surface area contributed by atoms with Crippen molar-refractivity contribution in [3.63, 3.8) is 0 Å². The fourth-order valence-corrected chi connectivity index (χ4v) is 3.90. The van der Waals surface area contributed by atoms with E-state index in [9.17, 15) is 31.1 Å². The zero-order valence-electron chi connectivity index (χ0n) is 18.9. The van der Waals surface area contributed by atoms with E-state index in [1.165, 1.54) is 31.2 Å². The van der Waals surface area contributed by atoms with Crippen LogP contribution in [0.3, 0.4) is 0 Å². The maximum atomic E-state index is 13.0. The molecular formula is C27H24F6O. The molecule has 180 valence electrons. The number of alkyl halides is 6. The highest BCUT2D eigenvalue weighted by molar-refractivity contribution is 5.85. The van der Waals surface area contributed by atoms with Gasteiger partial charge in [-0.15, -0.1) is 0 Å². The van der Waals surface area contributed by atoms with Gasteiger partial charge in [0.05, 0.1) is 11.1 Å². The van der Waals surface area contributed by atoms with Crippen molar-refractivity contribution in [2.45, 2.75) is 45.5 Å². The lowest BCUT2D eigenvalue weighted by Crippen LogP contribution is -2.12. The lowest BCUT2D eigenvalue weighted by molar-refractivity contribution is -0.138. The van der Waals surface area contributed by atoms with Crippen molar-refractivity contribution in [2.24, 2.45) is 5.92 Å². The second kappa shape index (κ2) is 9.65. The van der Waals surface area contributed by atoms with E-state index in [1.807, 2.05) is 13.8 Å². The van der Waals surface area contributed by atoms with Crippen LogP contribution in [0.25, 0.3) is 22.3 Å². The van der Waals surface area contributed by atoms with Gasteiger partial charge in [-0.3, -0.25) is 4.79 Å². The lowest BCUT2D eigenvalue weighted by Gasteiger charge is -2.19. The molecule has 0 fully saturated rings. The third-order valence-corrected chi connectivity index (χ3v) is 5.65. The van der Waals surface area contributed by atoms with Gasteiger partial charge in [-0.1, -0.05) is 50.2 Å². The number of carbonyl (C=O) groups excluding carboxylic acids is 1. The molecule has 0 spiro atoms. The van der Waals surface area contributed by atoms with Crippen molar-refractivity contribution in [1.29, 1.82) is 0 Å². The fraction of sp³-hybridized carbons (Fsp3) is 0.296. The van der Waals surface area contributed by atoms with Gasteiger partial charge < -0.3 is 0 Å². The first kappa shape index (κ1) is 25.5. The van der Waals surface area contributed by atoms with Crippen molar-refractivity contribution >= 4 is 5.78 Å². The molecule has 3 rings (SSSR count). The van der Waals surface area contributed by atoms with Crippen molar-refractivity contribution in [2.75, 3.05) is 0 Å². The van der Waals surface area contributed by atoms with Crippen LogP contribution in [0.15, 0.2) is 66.7 Å². The van der Waals surface area contributed by atoms with Crippen LogP contribution in [0.1, 0.15) is 49.8 Å². The van der Waals surface area contributed by atoms with E-state index < -0.39 is 29.4 Å². The van der Waals surface area contributed by atoms with Gasteiger partial charge in [-0.05, 0) is 77.4 Å². The zero-order valence-corrected chi connectivity index (χ0v) is 18.9. The Kier molecular flexibility index (Phi) is 7.24. The lowest BCUT2D eigenvalue weighted by atomic mass is 9.84. The normalized spacial score (nSPS) is 13.2. The molecule has 0 unspecified atom stereocenters. The van der Waals surface area contributed by atoms with Crippen molar-refractivity contribution in [3.05, 3.63) is 83.4 Å². The van der Waals surface area contributed by atoms with Crippen LogP contribution in [-0.2, 0) is 17.1 Å². The third kappa shape index (κ3) is 6.07. The molecule has 0 aliphatic carbocycles. The molecule has 0 saturated heterocycles. The van der Waals surface area contributed by atoms with E-state index in [0.717, 1.165) is 24.3 Å². The van der Waals surface area contributed by atoms with E-state index in [1.54, 1.807) is 18.2 Å². The molecular weight excluding hydrogens is 454 g/mol. The van der Waals surface area contributed by atoms with Gasteiger partial charge in [0.15, 0.2) is 0 Å². The van der Waals surface area contributed by atoms with Gasteiger partial charge in [0, 0.05) is 5.92 Å². The summed E-state index contributed by atoms with van der Waals surface area (Å²) in [4.78, 5) is 12.4. The molecule has 0 aliphatic rings. The second-order valence-electron chi connectivity index (χ2n) is 8.79. The van der Waals surface area contributed by atoms with Crippen LogP contribution in [0.5, 0.6) is 0 Å². The summed E-state index contributed by atoms with van der Waals surface area (Å²) < 4.78 is 77.9. The van der Waals surface area contributed by atoms with Crippen molar-refractivity contribution in [3.8, 4) is 22.3 Å². The molecule has 0 saturated carbocycles. The Morgan fingerprint density at radius 2 is 1.06 bits per heavy atom. The van der Waals surface area contributed by atoms with E-state index in [4.69, 9.17) is 0 Å². The van der Waals surface area contributed by atoms with Crippen LogP contribution in [-0.4, -0.2) is 5.78 Å². The minimum absolute atomic E-state index is 0.0587. The smallest absolute Gasteiger partial charge is 0.299 e. The predicted octanol–water partition coefficient (Wildman–Crippen LogP) is 8.78. The molecule has 0 N–H and O–H groups in total. The Hall–Kier alpha value is -3.09. The quantitative estimate of drug-likeness (QED) is 0.324. The van der Waals surface area contributed by atoms with Gasteiger partial charge in [0.1, 0.15) is 5.78 Å². The molecule has 0 aliphatic heterocycles. The van der Waals surface area contributed by atoms with Crippen LogP contribution in [0.2, 0.25) is 0 Å². The molecule has 1 nitrogen and oxygen atoms in total. The summed E-state index contributed by atoms with van der Waals surface area (Å²) >= 11 is 0. The molecule has 0 aromatic heterocycles. The molecule has 0 bridgehead atoms. The summed E-state index contributed by atoms with van der Waals surface area (Å²) in [6, 6.07) is 14.6. The van der Waals surface area contributed by atoms with E-state index in [2.05, 4.69) is 0 Å². The summed E-state index contributed by atoms with van der Waals surface area (Å²) in [5.41, 5.74) is 1.29. The summed E-state index contributed by atoms with van der Waals surface area (Å²) in [6.07, 6.45) is -8.37. The number of Topliss-reactive ketones (excluding diaryl/α,β-unsaturated/α-hetero) is 1. The van der Waals surface area contributed by atoms with Crippen LogP contribution >= 0.6 is 0 Å². The van der Waals surface area contributed by atoms with Gasteiger partial charge >= 0.3 is 12.4 Å². The molecule has 0 heterocycles. The number of hydrogen-bond acceptors (Lipinski definition) is 1. The molecule has 0 radical (unpaired) electrons. The third-order valence-electron chi connectivity index (χ3n) is 5.65. The first-order valence-corrected chi connectivity index (χ1v) is 10.8. The first-order chi connectivity index (χ1) is 15.8. The molecule has 0 amide bonds. The minimum Gasteiger partial charge on any atom is -0.299 e. The first-order valence-electron chi connectivity index (χ1n) is 10.8. The topological polar surface area (TPSA) is 17.1 Å². The number of carbonyl (C=O) groups is 1. The van der Waals surface area contributed by atoms with Crippen LogP contribution < -0.4 is 0 Å². The van der Waals surface area contributed by atoms with Crippen LogP contribution in [0.4, 0.5) is 26.3 Å². The number of ketones is 1. The standard InChI is InChI=1S/C27H24F6O/c1-16(2)12-25(17(3)34)22-14-20(18-4-8-23(9-5-18)26(28,29)30)13-21(15-22)19-6-10-24(11-7-19)27(31,32)33/h4-11,13-16,25H,12H2,1-3H3/t25-/m0/s1. The number of hydrogen-bond donors (Lipinski definition) is 0. The average Bonchev–Trinajstić information content (AvgIpc) is 2.76. The Morgan fingerprint density at radius 3 is 1.35 bits per heavy atom. The highest BCUT2D eigenvalue weighted by Crippen LogP contribution is 2.37. The van der Waals surface area contributed by atoms with Gasteiger partial charge in [0.2, 0.25) is 0 Å².